The second-order valence-corrected chi connectivity index (χ2v) is 8.64. The van der Waals surface area contributed by atoms with E-state index in [1.54, 1.807) is 13.8 Å². The molecule has 30 heavy (non-hydrogen) atoms. The lowest BCUT2D eigenvalue weighted by Crippen LogP contribution is -2.30. The molecule has 0 aliphatic rings. The van der Waals surface area contributed by atoms with Crippen molar-refractivity contribution < 1.29 is 22.7 Å². The second-order valence-electron chi connectivity index (χ2n) is 6.70. The van der Waals surface area contributed by atoms with Gasteiger partial charge in [0.25, 0.3) is 5.91 Å². The van der Waals surface area contributed by atoms with Crippen molar-refractivity contribution in [3.05, 3.63) is 59.2 Å². The molecule has 1 N–H and O–H groups in total. The summed E-state index contributed by atoms with van der Waals surface area (Å²) in [5.41, 5.74) is 2.70. The van der Waals surface area contributed by atoms with Crippen molar-refractivity contribution in [2.75, 3.05) is 25.0 Å². The first kappa shape index (κ1) is 23.6. The van der Waals surface area contributed by atoms with Crippen LogP contribution in [-0.2, 0) is 26.0 Å². The molecule has 0 aromatic heterocycles. The summed E-state index contributed by atoms with van der Waals surface area (Å²) in [4.78, 5) is 24.7. The highest BCUT2D eigenvalue weighted by atomic mass is 32.2. The zero-order valence-electron chi connectivity index (χ0n) is 17.8. The van der Waals surface area contributed by atoms with E-state index in [0.29, 0.717) is 18.8 Å². The van der Waals surface area contributed by atoms with E-state index in [1.807, 2.05) is 32.0 Å². The highest BCUT2D eigenvalue weighted by molar-refractivity contribution is 7.89. The quantitative estimate of drug-likeness (QED) is 0.613. The first-order valence-electron chi connectivity index (χ1n) is 9.90. The second kappa shape index (κ2) is 10.4. The molecule has 0 aliphatic carbocycles. The minimum atomic E-state index is -3.70. The number of esters is 1. The van der Waals surface area contributed by atoms with Crippen LogP contribution in [0, 0.1) is 6.92 Å². The van der Waals surface area contributed by atoms with Crippen molar-refractivity contribution in [3.63, 3.8) is 0 Å². The summed E-state index contributed by atoms with van der Waals surface area (Å²) < 4.78 is 31.7. The molecule has 0 bridgehead atoms. The van der Waals surface area contributed by atoms with Gasteiger partial charge in [-0.05, 0) is 42.7 Å². The summed E-state index contributed by atoms with van der Waals surface area (Å²) in [7, 11) is -3.70. The Hall–Kier alpha value is -2.71. The number of carbonyl (C=O) groups is 2. The highest BCUT2D eigenvalue weighted by Crippen LogP contribution is 2.21. The molecule has 0 saturated heterocycles. The zero-order chi connectivity index (χ0) is 22.3. The molecule has 2 aromatic carbocycles. The van der Waals surface area contributed by atoms with Gasteiger partial charge in [-0.2, -0.15) is 4.31 Å². The Morgan fingerprint density at radius 1 is 1.03 bits per heavy atom. The zero-order valence-corrected chi connectivity index (χ0v) is 18.6. The number of rotatable bonds is 9. The molecule has 8 heteroatoms. The fourth-order valence-electron chi connectivity index (χ4n) is 3.09. The summed E-state index contributed by atoms with van der Waals surface area (Å²) in [6.45, 7) is 7.56. The van der Waals surface area contributed by atoms with Crippen LogP contribution in [0.1, 0.15) is 42.3 Å². The molecule has 1 amide bonds. The van der Waals surface area contributed by atoms with Crippen molar-refractivity contribution in [1.82, 2.24) is 4.31 Å². The largest absolute Gasteiger partial charge is 0.452 e. The Kier molecular flexibility index (Phi) is 8.14. The molecule has 0 heterocycles. The lowest BCUT2D eigenvalue weighted by Gasteiger charge is -2.18. The van der Waals surface area contributed by atoms with Gasteiger partial charge < -0.3 is 10.1 Å². The predicted octanol–water partition coefficient (Wildman–Crippen LogP) is 3.38. The standard InChI is InChI=1S/C22H28N2O5S/c1-5-17-11-8-10-16(4)21(17)23-20(25)15-29-22(26)18-12-9-13-19(14-18)30(27,28)24(6-2)7-3/h8-14H,5-7,15H2,1-4H3,(H,23,25). The summed E-state index contributed by atoms with van der Waals surface area (Å²) in [5.74, 6) is -1.22. The molecular weight excluding hydrogens is 404 g/mol. The molecule has 0 atom stereocenters. The van der Waals surface area contributed by atoms with Gasteiger partial charge >= 0.3 is 5.97 Å². The Bertz CT molecular complexity index is 1010. The summed E-state index contributed by atoms with van der Waals surface area (Å²) >= 11 is 0. The van der Waals surface area contributed by atoms with Crippen molar-refractivity contribution in [2.45, 2.75) is 39.0 Å². The molecule has 2 rings (SSSR count). The van der Waals surface area contributed by atoms with Crippen molar-refractivity contribution in [2.24, 2.45) is 0 Å². The van der Waals surface area contributed by atoms with Crippen LogP contribution < -0.4 is 5.32 Å². The molecule has 0 spiro atoms. The van der Waals surface area contributed by atoms with Gasteiger partial charge in [0.05, 0.1) is 10.5 Å². The van der Waals surface area contributed by atoms with Gasteiger partial charge in [0.15, 0.2) is 6.61 Å². The Balaban J connectivity index is 2.08. The van der Waals surface area contributed by atoms with Gasteiger partial charge in [-0.25, -0.2) is 13.2 Å². The summed E-state index contributed by atoms with van der Waals surface area (Å²) in [5, 5.41) is 2.78. The van der Waals surface area contributed by atoms with E-state index in [4.69, 9.17) is 4.74 Å². The normalized spacial score (nSPS) is 11.4. The first-order chi connectivity index (χ1) is 14.2. The topological polar surface area (TPSA) is 92.8 Å². The van der Waals surface area contributed by atoms with Gasteiger partial charge in [0.2, 0.25) is 10.0 Å². The molecule has 0 aliphatic heterocycles. The number of hydrogen-bond acceptors (Lipinski definition) is 5. The predicted molar refractivity (Wildman–Crippen MR) is 116 cm³/mol. The van der Waals surface area contributed by atoms with Crippen LogP contribution in [0.4, 0.5) is 5.69 Å². The third-order valence-electron chi connectivity index (χ3n) is 4.75. The average Bonchev–Trinajstić information content (AvgIpc) is 2.74. The number of carbonyl (C=O) groups excluding carboxylic acids is 2. The van der Waals surface area contributed by atoms with Gasteiger partial charge in [-0.1, -0.05) is 45.0 Å². The SMILES string of the molecule is CCc1cccc(C)c1NC(=O)COC(=O)c1cccc(S(=O)(=O)N(CC)CC)c1. The lowest BCUT2D eigenvalue weighted by atomic mass is 10.1. The van der Waals surface area contributed by atoms with Crippen molar-refractivity contribution in [1.29, 1.82) is 0 Å². The van der Waals surface area contributed by atoms with Crippen LogP contribution in [0.15, 0.2) is 47.4 Å². The van der Waals surface area contributed by atoms with Crippen LogP contribution in [-0.4, -0.2) is 44.3 Å². The molecule has 0 saturated carbocycles. The van der Waals surface area contributed by atoms with Gasteiger partial charge in [0, 0.05) is 18.8 Å². The number of sulfonamides is 1. The average molecular weight is 433 g/mol. The number of ether oxygens (including phenoxy) is 1. The smallest absolute Gasteiger partial charge is 0.338 e. The Morgan fingerprint density at radius 2 is 1.70 bits per heavy atom. The van der Waals surface area contributed by atoms with E-state index in [0.717, 1.165) is 17.5 Å². The van der Waals surface area contributed by atoms with Gasteiger partial charge in [0.1, 0.15) is 0 Å². The van der Waals surface area contributed by atoms with E-state index in [2.05, 4.69) is 5.32 Å². The summed E-state index contributed by atoms with van der Waals surface area (Å²) in [6, 6.07) is 11.4. The monoisotopic (exact) mass is 432 g/mol. The number of hydrogen-bond donors (Lipinski definition) is 1. The number of nitrogens with one attached hydrogen (secondary N) is 1. The number of para-hydroxylation sites is 1. The highest BCUT2D eigenvalue weighted by Gasteiger charge is 2.23. The van der Waals surface area contributed by atoms with Crippen molar-refractivity contribution in [3.8, 4) is 0 Å². The molecule has 0 unspecified atom stereocenters. The van der Waals surface area contributed by atoms with Crippen LogP contribution >= 0.6 is 0 Å². The fraction of sp³-hybridized carbons (Fsp3) is 0.364. The number of amides is 1. The number of nitrogens with zero attached hydrogens (tertiary/aromatic N) is 1. The fourth-order valence-corrected chi connectivity index (χ4v) is 4.59. The van der Waals surface area contributed by atoms with Crippen LogP contribution in [0.3, 0.4) is 0 Å². The maximum absolute atomic E-state index is 12.6. The van der Waals surface area contributed by atoms with E-state index in [1.165, 1.54) is 28.6 Å². The summed E-state index contributed by atoms with van der Waals surface area (Å²) in [6.07, 6.45) is 0.755. The third-order valence-corrected chi connectivity index (χ3v) is 6.80. The van der Waals surface area contributed by atoms with E-state index in [9.17, 15) is 18.0 Å². The van der Waals surface area contributed by atoms with E-state index >= 15 is 0 Å². The number of aryl methyl sites for hydroxylation is 2. The molecule has 0 fully saturated rings. The molecule has 162 valence electrons. The maximum atomic E-state index is 12.6. The molecule has 2 aromatic rings. The van der Waals surface area contributed by atoms with Crippen molar-refractivity contribution >= 4 is 27.6 Å². The number of benzene rings is 2. The van der Waals surface area contributed by atoms with E-state index < -0.39 is 28.5 Å². The lowest BCUT2D eigenvalue weighted by molar-refractivity contribution is -0.119. The molecule has 7 nitrogen and oxygen atoms in total. The minimum Gasteiger partial charge on any atom is -0.452 e. The third kappa shape index (κ3) is 5.46. The van der Waals surface area contributed by atoms with Gasteiger partial charge in [-0.15, -0.1) is 0 Å². The Morgan fingerprint density at radius 3 is 2.33 bits per heavy atom. The molecular formula is C22H28N2O5S. The minimum absolute atomic E-state index is 0.0117. The van der Waals surface area contributed by atoms with Crippen LogP contribution in [0.5, 0.6) is 0 Å². The van der Waals surface area contributed by atoms with E-state index in [-0.39, 0.29) is 10.5 Å². The molecule has 0 radical (unpaired) electrons. The first-order valence-corrected chi connectivity index (χ1v) is 11.3. The Labute approximate surface area is 178 Å². The van der Waals surface area contributed by atoms with Gasteiger partial charge in [-0.3, -0.25) is 4.79 Å². The maximum Gasteiger partial charge on any atom is 0.338 e. The van der Waals surface area contributed by atoms with Crippen LogP contribution in [0.2, 0.25) is 0 Å². The van der Waals surface area contributed by atoms with Crippen LogP contribution in [0.25, 0.3) is 0 Å². The number of anilines is 1.